The van der Waals surface area contributed by atoms with Gasteiger partial charge in [-0.05, 0) is 71.0 Å². The van der Waals surface area contributed by atoms with E-state index in [0.717, 1.165) is 53.4 Å². The number of nitrogens with one attached hydrogen (secondary N) is 1. The van der Waals surface area contributed by atoms with Gasteiger partial charge >= 0.3 is 0 Å². The third kappa shape index (κ3) is 4.85. The van der Waals surface area contributed by atoms with Crippen LogP contribution in [0.1, 0.15) is 5.56 Å². The summed E-state index contributed by atoms with van der Waals surface area (Å²) >= 11 is 0. The topological polar surface area (TPSA) is 85.5 Å². The van der Waals surface area contributed by atoms with Gasteiger partial charge in [-0.25, -0.2) is 9.97 Å². The molecule has 0 spiro atoms. The highest BCUT2D eigenvalue weighted by atomic mass is 16.5. The molecule has 5 aromatic rings. The van der Waals surface area contributed by atoms with Gasteiger partial charge in [-0.15, -0.1) is 0 Å². The molecule has 200 valence electrons. The minimum atomic E-state index is 0.423. The van der Waals surface area contributed by atoms with Crippen molar-refractivity contribution in [1.29, 1.82) is 0 Å². The summed E-state index contributed by atoms with van der Waals surface area (Å²) < 4.78 is 11.6. The number of methoxy groups -OCH3 is 1. The third-order valence-corrected chi connectivity index (χ3v) is 8.04. The molecule has 40 heavy (non-hydrogen) atoms. The number of anilines is 2. The largest absolute Gasteiger partial charge is 0.493 e. The van der Waals surface area contributed by atoms with Gasteiger partial charge in [0.15, 0.2) is 11.5 Å². The molecule has 0 bridgehead atoms. The molecule has 2 aliphatic rings. The fraction of sp³-hybridized carbons (Fsp3) is 0.212. The number of nitrogens with zero attached hydrogens (tertiary/aromatic N) is 3. The van der Waals surface area contributed by atoms with Crippen LogP contribution in [-0.2, 0) is 6.54 Å². The molecular weight excluding hydrogens is 498 g/mol. The molecule has 1 saturated carbocycles. The summed E-state index contributed by atoms with van der Waals surface area (Å²) in [5, 5.41) is 4.41. The number of hydrogen-bond donors (Lipinski definition) is 2. The highest BCUT2D eigenvalue weighted by molar-refractivity contribution is 5.94. The molecular formula is C33H31N5O2. The van der Waals surface area contributed by atoms with Crippen LogP contribution < -0.4 is 20.5 Å². The minimum absolute atomic E-state index is 0.423. The van der Waals surface area contributed by atoms with Crippen LogP contribution >= 0.6 is 0 Å². The maximum atomic E-state index is 6.13. The van der Waals surface area contributed by atoms with Crippen LogP contribution in [0.5, 0.6) is 17.2 Å². The highest BCUT2D eigenvalue weighted by Gasteiger charge is 2.53. The molecule has 4 aromatic carbocycles. The van der Waals surface area contributed by atoms with Crippen molar-refractivity contribution in [3.8, 4) is 28.4 Å². The van der Waals surface area contributed by atoms with Crippen LogP contribution in [-0.4, -0.2) is 41.1 Å². The van der Waals surface area contributed by atoms with Gasteiger partial charge in [-0.2, -0.15) is 0 Å². The highest BCUT2D eigenvalue weighted by Crippen LogP contribution is 2.44. The van der Waals surface area contributed by atoms with E-state index in [2.05, 4.69) is 62.6 Å². The average Bonchev–Trinajstić information content (AvgIpc) is 3.37. The number of para-hydroxylation sites is 1. The molecule has 7 heteroatoms. The van der Waals surface area contributed by atoms with E-state index in [0.29, 0.717) is 29.4 Å². The van der Waals surface area contributed by atoms with Gasteiger partial charge in [0, 0.05) is 42.8 Å². The summed E-state index contributed by atoms with van der Waals surface area (Å²) in [5.41, 5.74) is 11.5. The van der Waals surface area contributed by atoms with E-state index in [-0.39, 0.29) is 0 Å². The Labute approximate surface area is 233 Å². The van der Waals surface area contributed by atoms with Gasteiger partial charge in [0.25, 0.3) is 0 Å². The van der Waals surface area contributed by atoms with Crippen LogP contribution in [0, 0.1) is 11.8 Å². The summed E-state index contributed by atoms with van der Waals surface area (Å²) in [6.07, 6.45) is 1.58. The monoisotopic (exact) mass is 529 g/mol. The van der Waals surface area contributed by atoms with Gasteiger partial charge in [-0.1, -0.05) is 42.5 Å². The molecule has 2 atom stereocenters. The summed E-state index contributed by atoms with van der Waals surface area (Å²) in [7, 11) is 1.64. The van der Waals surface area contributed by atoms with E-state index >= 15 is 0 Å². The van der Waals surface area contributed by atoms with Crippen molar-refractivity contribution in [2.24, 2.45) is 17.6 Å². The van der Waals surface area contributed by atoms with Gasteiger partial charge in [-0.3, -0.25) is 4.90 Å². The van der Waals surface area contributed by atoms with E-state index in [4.69, 9.17) is 15.2 Å². The van der Waals surface area contributed by atoms with Gasteiger partial charge in [0.05, 0.1) is 12.6 Å². The molecule has 2 heterocycles. The molecule has 2 fully saturated rings. The van der Waals surface area contributed by atoms with Crippen molar-refractivity contribution < 1.29 is 9.47 Å². The van der Waals surface area contributed by atoms with Gasteiger partial charge in [0.1, 0.15) is 17.9 Å². The third-order valence-electron chi connectivity index (χ3n) is 8.04. The Morgan fingerprint density at radius 3 is 2.50 bits per heavy atom. The molecule has 7 rings (SSSR count). The second-order valence-electron chi connectivity index (χ2n) is 10.7. The summed E-state index contributed by atoms with van der Waals surface area (Å²) in [4.78, 5) is 11.6. The normalized spacial score (nSPS) is 19.8. The first kappa shape index (κ1) is 24.6. The molecule has 0 radical (unpaired) electrons. The first-order valence-electron chi connectivity index (χ1n) is 13.6. The molecule has 1 aliphatic heterocycles. The smallest absolute Gasteiger partial charge is 0.169 e. The van der Waals surface area contributed by atoms with E-state index in [1.807, 2.05) is 48.5 Å². The zero-order valence-electron chi connectivity index (χ0n) is 22.3. The molecule has 3 N–H and O–H groups in total. The number of ether oxygens (including phenoxy) is 2. The van der Waals surface area contributed by atoms with Gasteiger partial charge < -0.3 is 20.5 Å². The Hall–Kier alpha value is -4.46. The fourth-order valence-electron chi connectivity index (χ4n) is 5.81. The summed E-state index contributed by atoms with van der Waals surface area (Å²) in [6, 6.07) is 31.0. The number of piperidine rings is 1. The molecule has 2 unspecified atom stereocenters. The first-order chi connectivity index (χ1) is 19.6. The number of aromatic nitrogens is 2. The van der Waals surface area contributed by atoms with Crippen molar-refractivity contribution in [1.82, 2.24) is 14.9 Å². The van der Waals surface area contributed by atoms with E-state index in [1.165, 1.54) is 11.1 Å². The Balaban J connectivity index is 1.13. The standard InChI is InChI=1S/C33H31N5O2/c1-39-31-16-24(11-13-30(31)40-25-8-3-2-4-9-25)37-33-26-15-23(10-12-29(26)35-20-36-33)22-7-5-6-21(14-22)17-38-18-27-28(19-38)32(27)34/h2-16,20,27-28,32H,17-19,34H2,1H3,(H,35,36,37). The van der Waals surface area contributed by atoms with Crippen LogP contribution in [0.15, 0.2) is 97.3 Å². The van der Waals surface area contributed by atoms with Crippen LogP contribution in [0.3, 0.4) is 0 Å². The van der Waals surface area contributed by atoms with E-state index in [9.17, 15) is 0 Å². The predicted molar refractivity (Wildman–Crippen MR) is 158 cm³/mol. The maximum absolute atomic E-state index is 6.13. The summed E-state index contributed by atoms with van der Waals surface area (Å²) in [6.45, 7) is 3.19. The zero-order chi connectivity index (χ0) is 27.1. The van der Waals surface area contributed by atoms with Crippen LogP contribution in [0.25, 0.3) is 22.0 Å². The van der Waals surface area contributed by atoms with E-state index in [1.54, 1.807) is 13.4 Å². The van der Waals surface area contributed by atoms with Crippen molar-refractivity contribution in [2.45, 2.75) is 12.6 Å². The molecule has 1 aliphatic carbocycles. The summed E-state index contributed by atoms with van der Waals surface area (Å²) in [5.74, 6) is 4.14. The van der Waals surface area contributed by atoms with Crippen molar-refractivity contribution in [2.75, 3.05) is 25.5 Å². The fourth-order valence-corrected chi connectivity index (χ4v) is 5.81. The average molecular weight is 530 g/mol. The van der Waals surface area contributed by atoms with Gasteiger partial charge in [0.2, 0.25) is 0 Å². The number of benzene rings is 4. The number of hydrogen-bond acceptors (Lipinski definition) is 7. The SMILES string of the molecule is COc1cc(Nc2ncnc3ccc(-c4cccc(CN5CC6C(N)C6C5)c4)cc23)ccc1Oc1ccccc1. The number of rotatable bonds is 8. The Kier molecular flexibility index (Phi) is 6.30. The lowest BCUT2D eigenvalue weighted by molar-refractivity contribution is 0.290. The predicted octanol–water partition coefficient (Wildman–Crippen LogP) is 6.23. The first-order valence-corrected chi connectivity index (χ1v) is 13.6. The molecule has 0 amide bonds. The lowest BCUT2D eigenvalue weighted by atomic mass is 10.0. The van der Waals surface area contributed by atoms with Crippen molar-refractivity contribution in [3.63, 3.8) is 0 Å². The molecule has 7 nitrogen and oxygen atoms in total. The quantitative estimate of drug-likeness (QED) is 0.246. The number of nitrogens with two attached hydrogens (primary N) is 1. The zero-order valence-corrected chi connectivity index (χ0v) is 22.3. The lowest BCUT2D eigenvalue weighted by Crippen LogP contribution is -2.27. The van der Waals surface area contributed by atoms with E-state index < -0.39 is 0 Å². The van der Waals surface area contributed by atoms with Crippen molar-refractivity contribution in [3.05, 3.63) is 103 Å². The minimum Gasteiger partial charge on any atom is -0.493 e. The second-order valence-corrected chi connectivity index (χ2v) is 10.7. The second kappa shape index (κ2) is 10.3. The Morgan fingerprint density at radius 2 is 1.68 bits per heavy atom. The lowest BCUT2D eigenvalue weighted by Gasteiger charge is -2.19. The molecule has 1 saturated heterocycles. The molecule has 1 aromatic heterocycles. The van der Waals surface area contributed by atoms with Crippen LogP contribution in [0.2, 0.25) is 0 Å². The Morgan fingerprint density at radius 1 is 0.850 bits per heavy atom. The number of likely N-dealkylation sites (tertiary alicyclic amines) is 1. The number of fused-ring (bicyclic) bond motifs is 2. The maximum Gasteiger partial charge on any atom is 0.169 e. The van der Waals surface area contributed by atoms with Crippen LogP contribution in [0.4, 0.5) is 11.5 Å². The Bertz CT molecular complexity index is 1660. The van der Waals surface area contributed by atoms with Crippen molar-refractivity contribution >= 4 is 22.4 Å².